The van der Waals surface area contributed by atoms with Gasteiger partial charge in [0.05, 0.1) is 6.04 Å². The zero-order valence-electron chi connectivity index (χ0n) is 22.0. The Hall–Kier alpha value is -2.65. The number of rotatable bonds is 14. The fraction of sp³-hybridized carbons (Fsp3) is 0.571. The Labute approximate surface area is 224 Å². The van der Waals surface area contributed by atoms with E-state index < -0.39 is 6.04 Å². The summed E-state index contributed by atoms with van der Waals surface area (Å²) in [4.78, 5) is 53.6. The minimum absolute atomic E-state index is 0.135. The number of fused-ring (bicyclic) bond motifs is 1. The number of carbonyl (C=O) groups is 4. The van der Waals surface area contributed by atoms with Crippen molar-refractivity contribution >= 4 is 35.8 Å². The van der Waals surface area contributed by atoms with E-state index in [1.54, 1.807) is 29.8 Å². The quantitative estimate of drug-likeness (QED) is 0.167. The number of carbonyl (C=O) groups excluding carboxylic acids is 4. The van der Waals surface area contributed by atoms with Gasteiger partial charge < -0.3 is 20.3 Å². The molecule has 1 atom stereocenters. The maximum absolute atomic E-state index is 12.9. The van der Waals surface area contributed by atoms with Gasteiger partial charge in [-0.2, -0.15) is 0 Å². The fourth-order valence-corrected chi connectivity index (χ4v) is 5.91. The van der Waals surface area contributed by atoms with Crippen molar-refractivity contribution in [1.29, 1.82) is 0 Å². The molecule has 2 aliphatic rings. The van der Waals surface area contributed by atoms with E-state index in [0.717, 1.165) is 67.8 Å². The summed E-state index contributed by atoms with van der Waals surface area (Å²) in [6, 6.07) is 5.35. The maximum Gasteiger partial charge on any atom is 0.255 e. The number of allylic oxidation sites excluding steroid dienone is 1. The molecule has 2 aliphatic heterocycles. The Morgan fingerprint density at radius 1 is 1.16 bits per heavy atom. The minimum Gasteiger partial charge on any atom is -0.359 e. The third kappa shape index (κ3) is 8.43. The van der Waals surface area contributed by atoms with Gasteiger partial charge in [-0.3, -0.25) is 19.3 Å². The van der Waals surface area contributed by atoms with Crippen LogP contribution in [0.1, 0.15) is 67.8 Å². The van der Waals surface area contributed by atoms with Crippen LogP contribution in [0, 0.1) is 0 Å². The van der Waals surface area contributed by atoms with Crippen LogP contribution in [0.5, 0.6) is 0 Å². The van der Waals surface area contributed by atoms with Crippen LogP contribution in [0.15, 0.2) is 35.2 Å². The van der Waals surface area contributed by atoms with Gasteiger partial charge in [-0.25, -0.2) is 0 Å². The van der Waals surface area contributed by atoms with E-state index in [1.165, 1.54) is 0 Å². The van der Waals surface area contributed by atoms with Crippen LogP contribution >= 0.6 is 11.8 Å². The van der Waals surface area contributed by atoms with Crippen molar-refractivity contribution in [3.05, 3.63) is 41.5 Å². The van der Waals surface area contributed by atoms with Crippen LogP contribution < -0.4 is 10.6 Å². The van der Waals surface area contributed by atoms with Crippen molar-refractivity contribution < 1.29 is 19.2 Å². The van der Waals surface area contributed by atoms with E-state index in [-0.39, 0.29) is 30.2 Å². The molecule has 0 radical (unpaired) electrons. The van der Waals surface area contributed by atoms with E-state index in [4.69, 9.17) is 0 Å². The second-order valence-electron chi connectivity index (χ2n) is 9.65. The van der Waals surface area contributed by atoms with Gasteiger partial charge in [0.2, 0.25) is 11.8 Å². The summed E-state index contributed by atoms with van der Waals surface area (Å²) < 4.78 is 0. The van der Waals surface area contributed by atoms with E-state index in [0.29, 0.717) is 24.9 Å². The fourth-order valence-electron chi connectivity index (χ4n) is 4.81. The van der Waals surface area contributed by atoms with Crippen LogP contribution in [0.25, 0.3) is 0 Å². The van der Waals surface area contributed by atoms with E-state index >= 15 is 0 Å². The SMILES string of the molecule is C/C=C/CN1CCC(NC(=O)CCCCSc2cccc3c2CN(C(C=O)CCC(=O)NC)C3=O)CC1. The van der Waals surface area contributed by atoms with Crippen LogP contribution in [0.4, 0.5) is 0 Å². The van der Waals surface area contributed by atoms with Crippen LogP contribution in [-0.2, 0) is 20.9 Å². The molecule has 1 aromatic carbocycles. The van der Waals surface area contributed by atoms with Gasteiger partial charge in [-0.05, 0) is 62.5 Å². The van der Waals surface area contributed by atoms with E-state index in [2.05, 4.69) is 27.7 Å². The van der Waals surface area contributed by atoms with Crippen LogP contribution in [-0.4, -0.2) is 78.3 Å². The average Bonchev–Trinajstić information content (AvgIpc) is 3.25. The number of aldehydes is 1. The molecule has 9 heteroatoms. The smallest absolute Gasteiger partial charge is 0.255 e. The molecule has 1 fully saturated rings. The first-order valence-corrected chi connectivity index (χ1v) is 14.3. The Morgan fingerprint density at radius 3 is 2.65 bits per heavy atom. The zero-order chi connectivity index (χ0) is 26.6. The van der Waals surface area contributed by atoms with Gasteiger partial charge in [0.15, 0.2) is 0 Å². The summed E-state index contributed by atoms with van der Waals surface area (Å²) >= 11 is 1.69. The summed E-state index contributed by atoms with van der Waals surface area (Å²) in [5, 5.41) is 5.75. The largest absolute Gasteiger partial charge is 0.359 e. The number of amides is 3. The summed E-state index contributed by atoms with van der Waals surface area (Å²) in [6.07, 6.45) is 9.79. The monoisotopic (exact) mass is 528 g/mol. The van der Waals surface area contributed by atoms with Crippen molar-refractivity contribution in [3.63, 3.8) is 0 Å². The predicted molar refractivity (Wildman–Crippen MR) is 146 cm³/mol. The second-order valence-corrected chi connectivity index (χ2v) is 10.8. The topological polar surface area (TPSA) is 98.8 Å². The molecule has 3 amide bonds. The molecule has 0 bridgehead atoms. The number of nitrogens with one attached hydrogen (secondary N) is 2. The highest BCUT2D eigenvalue weighted by Gasteiger charge is 2.34. The molecule has 2 N–H and O–H groups in total. The third-order valence-corrected chi connectivity index (χ3v) is 8.25. The highest BCUT2D eigenvalue weighted by Crippen LogP contribution is 2.34. The Bertz CT molecular complexity index is 975. The molecule has 8 nitrogen and oxygen atoms in total. The Kier molecular flexibility index (Phi) is 11.7. The minimum atomic E-state index is -0.617. The number of benzene rings is 1. The van der Waals surface area contributed by atoms with Crippen LogP contribution in [0.3, 0.4) is 0 Å². The standard InChI is InChI=1S/C28H40N4O4S/c1-3-4-15-31-16-13-21(14-17-31)30-27(35)10-5-6-18-37-25-9-7-8-23-24(25)19-32(28(23)36)22(20-33)11-12-26(34)29-2/h3-4,7-9,20-22H,5-6,10-19H2,1-2H3,(H,29,34)(H,30,35)/b4-3+. The predicted octanol–water partition coefficient (Wildman–Crippen LogP) is 3.16. The highest BCUT2D eigenvalue weighted by molar-refractivity contribution is 7.99. The lowest BCUT2D eigenvalue weighted by molar-refractivity contribution is -0.122. The highest BCUT2D eigenvalue weighted by atomic mass is 32.2. The van der Waals surface area contributed by atoms with Crippen molar-refractivity contribution in [2.45, 2.75) is 75.4 Å². The van der Waals surface area contributed by atoms with Gasteiger partial charge >= 0.3 is 0 Å². The molecule has 1 unspecified atom stereocenters. The van der Waals surface area contributed by atoms with Crippen molar-refractivity contribution in [2.75, 3.05) is 32.4 Å². The molecule has 0 aliphatic carbocycles. The molecule has 37 heavy (non-hydrogen) atoms. The number of piperidine rings is 1. The first kappa shape index (κ1) is 28.9. The average molecular weight is 529 g/mol. The summed E-state index contributed by atoms with van der Waals surface area (Å²) in [6.45, 7) is 5.45. The lowest BCUT2D eigenvalue weighted by Gasteiger charge is -2.31. The molecule has 202 valence electrons. The van der Waals surface area contributed by atoms with Crippen molar-refractivity contribution in [1.82, 2.24) is 20.4 Å². The molecule has 1 saturated heterocycles. The molecular weight excluding hydrogens is 488 g/mol. The van der Waals surface area contributed by atoms with Crippen LogP contribution in [0.2, 0.25) is 0 Å². The first-order chi connectivity index (χ1) is 18.0. The number of nitrogens with zero attached hydrogens (tertiary/aromatic N) is 2. The Morgan fingerprint density at radius 2 is 1.95 bits per heavy atom. The number of unbranched alkanes of at least 4 members (excludes halogenated alkanes) is 1. The molecule has 0 spiro atoms. The molecule has 1 aromatic rings. The van der Waals surface area contributed by atoms with E-state index in [9.17, 15) is 19.2 Å². The molecule has 3 rings (SSSR count). The van der Waals surface area contributed by atoms with Gasteiger partial charge in [-0.15, -0.1) is 11.8 Å². The molecule has 2 heterocycles. The molecular formula is C28H40N4O4S. The summed E-state index contributed by atoms with van der Waals surface area (Å²) in [5.41, 5.74) is 1.58. The molecule has 0 aromatic heterocycles. The summed E-state index contributed by atoms with van der Waals surface area (Å²) in [5.74, 6) is 0.687. The molecule has 0 saturated carbocycles. The van der Waals surface area contributed by atoms with Crippen molar-refractivity contribution in [3.8, 4) is 0 Å². The maximum atomic E-state index is 12.9. The second kappa shape index (κ2) is 14.9. The number of likely N-dealkylation sites (tertiary alicyclic amines) is 1. The zero-order valence-corrected chi connectivity index (χ0v) is 22.9. The number of hydrogen-bond acceptors (Lipinski definition) is 6. The van der Waals surface area contributed by atoms with Gasteiger partial charge in [0.25, 0.3) is 5.91 Å². The normalized spacial score (nSPS) is 17.1. The first-order valence-electron chi connectivity index (χ1n) is 13.3. The Balaban J connectivity index is 1.40. The number of thioether (sulfide) groups is 1. The van der Waals surface area contributed by atoms with Gasteiger partial charge in [0, 0.05) is 62.6 Å². The third-order valence-electron chi connectivity index (χ3n) is 7.06. The van der Waals surface area contributed by atoms with Gasteiger partial charge in [-0.1, -0.05) is 18.2 Å². The lowest BCUT2D eigenvalue weighted by Crippen LogP contribution is -2.44. The van der Waals surface area contributed by atoms with Gasteiger partial charge in [0.1, 0.15) is 6.29 Å². The van der Waals surface area contributed by atoms with Crippen molar-refractivity contribution in [2.24, 2.45) is 0 Å². The van der Waals surface area contributed by atoms with E-state index in [1.807, 2.05) is 19.1 Å². The lowest BCUT2D eigenvalue weighted by atomic mass is 10.0. The number of hydrogen-bond donors (Lipinski definition) is 2. The summed E-state index contributed by atoms with van der Waals surface area (Å²) in [7, 11) is 1.56.